The monoisotopic (exact) mass is 362 g/mol. The van der Waals surface area contributed by atoms with Crippen LogP contribution in [-0.2, 0) is 13.2 Å². The van der Waals surface area contributed by atoms with Gasteiger partial charge in [0.1, 0.15) is 0 Å². The van der Waals surface area contributed by atoms with E-state index in [0.29, 0.717) is 29.9 Å². The zero-order valence-corrected chi connectivity index (χ0v) is 15.7. The minimum atomic E-state index is -0.576. The first-order valence-corrected chi connectivity index (χ1v) is 8.69. The molecule has 2 aromatic rings. The number of aliphatic hydroxyl groups is 4. The summed E-state index contributed by atoms with van der Waals surface area (Å²) in [7, 11) is 0. The van der Waals surface area contributed by atoms with Gasteiger partial charge in [0, 0.05) is 42.3 Å². The topological polar surface area (TPSA) is 97.1 Å². The lowest BCUT2D eigenvalue weighted by molar-refractivity contribution is 0.177. The van der Waals surface area contributed by atoms with Crippen LogP contribution in [-0.4, -0.2) is 50.7 Å². The van der Waals surface area contributed by atoms with Crippen LogP contribution in [0.4, 0.5) is 5.69 Å². The number of pyridine rings is 1. The van der Waals surface area contributed by atoms with Crippen molar-refractivity contribution in [1.82, 2.24) is 4.98 Å². The third kappa shape index (κ3) is 7.49. The molecule has 2 atom stereocenters. The highest BCUT2D eigenvalue weighted by atomic mass is 16.3. The van der Waals surface area contributed by atoms with Gasteiger partial charge in [-0.3, -0.25) is 4.98 Å². The summed E-state index contributed by atoms with van der Waals surface area (Å²) in [6.07, 6.45) is 2.35. The summed E-state index contributed by atoms with van der Waals surface area (Å²) in [6.45, 7) is 5.58. The molecular weight excluding hydrogens is 332 g/mol. The van der Waals surface area contributed by atoms with Crippen LogP contribution in [0.3, 0.4) is 0 Å². The molecule has 0 radical (unpaired) electrons. The van der Waals surface area contributed by atoms with E-state index in [-0.39, 0.29) is 13.2 Å². The second kappa shape index (κ2) is 11.6. The van der Waals surface area contributed by atoms with E-state index in [1.54, 1.807) is 26.2 Å². The van der Waals surface area contributed by atoms with E-state index in [2.05, 4.69) is 4.98 Å². The first-order valence-electron chi connectivity index (χ1n) is 8.69. The maximum atomic E-state index is 9.63. The van der Waals surface area contributed by atoms with Gasteiger partial charge in [0.05, 0.1) is 25.4 Å². The van der Waals surface area contributed by atoms with Gasteiger partial charge >= 0.3 is 0 Å². The van der Waals surface area contributed by atoms with E-state index >= 15 is 0 Å². The number of hydrogen-bond donors (Lipinski definition) is 4. The largest absolute Gasteiger partial charge is 0.392 e. The summed E-state index contributed by atoms with van der Waals surface area (Å²) in [5.74, 6) is 0. The summed E-state index contributed by atoms with van der Waals surface area (Å²) in [4.78, 5) is 5.60. The summed E-state index contributed by atoms with van der Waals surface area (Å²) < 4.78 is 0. The summed E-state index contributed by atoms with van der Waals surface area (Å²) >= 11 is 0. The van der Waals surface area contributed by atoms with Gasteiger partial charge in [-0.05, 0) is 32.9 Å². The van der Waals surface area contributed by atoms with Gasteiger partial charge in [-0.15, -0.1) is 0 Å². The van der Waals surface area contributed by atoms with E-state index in [0.717, 1.165) is 5.56 Å². The number of benzene rings is 1. The van der Waals surface area contributed by atoms with Crippen molar-refractivity contribution in [2.45, 2.75) is 46.2 Å². The number of nitrogens with zero attached hydrogens (tertiary/aromatic N) is 2. The average molecular weight is 362 g/mol. The molecule has 0 saturated heterocycles. The number of hydrogen-bond acceptors (Lipinski definition) is 6. The van der Waals surface area contributed by atoms with Crippen LogP contribution in [0.2, 0.25) is 0 Å². The molecule has 2 rings (SSSR count). The molecule has 1 heterocycles. The third-order valence-electron chi connectivity index (χ3n) is 3.60. The number of rotatable bonds is 7. The number of aryl methyl sites for hydroxylation is 1. The van der Waals surface area contributed by atoms with Crippen molar-refractivity contribution in [1.29, 1.82) is 0 Å². The summed E-state index contributed by atoms with van der Waals surface area (Å²) in [6, 6.07) is 9.42. The van der Waals surface area contributed by atoms with Gasteiger partial charge in [0.15, 0.2) is 0 Å². The Labute approximate surface area is 155 Å². The predicted octanol–water partition coefficient (Wildman–Crippen LogP) is 1.63. The van der Waals surface area contributed by atoms with E-state index in [1.807, 2.05) is 42.2 Å². The van der Waals surface area contributed by atoms with Crippen molar-refractivity contribution in [3.63, 3.8) is 0 Å². The molecular formula is C20H30N2O4. The second-order valence-electron chi connectivity index (χ2n) is 6.38. The lowest BCUT2D eigenvalue weighted by atomic mass is 10.0. The standard InChI is InChI=1S/C15H25NO4.C5H5N/c1-10-4-13(8-17)15(14(5-10)9-18)16(6-11(2)19)7-12(3)20;1-2-4-6-5-3-1/h4-5,11-12,17-20H,6-9H2,1-3H3;1-5H. The van der Waals surface area contributed by atoms with Crippen molar-refractivity contribution in [3.8, 4) is 0 Å². The molecule has 0 fully saturated rings. The van der Waals surface area contributed by atoms with E-state index < -0.39 is 12.2 Å². The molecule has 0 spiro atoms. The molecule has 6 nitrogen and oxygen atoms in total. The Kier molecular flexibility index (Phi) is 9.83. The highest BCUT2D eigenvalue weighted by Crippen LogP contribution is 2.28. The van der Waals surface area contributed by atoms with Crippen molar-refractivity contribution in [3.05, 3.63) is 59.4 Å². The van der Waals surface area contributed by atoms with Crippen molar-refractivity contribution in [2.75, 3.05) is 18.0 Å². The molecule has 2 unspecified atom stereocenters. The van der Waals surface area contributed by atoms with Gasteiger partial charge in [0.2, 0.25) is 0 Å². The van der Waals surface area contributed by atoms with Gasteiger partial charge in [-0.1, -0.05) is 23.8 Å². The molecule has 0 aliphatic carbocycles. The maximum absolute atomic E-state index is 9.63. The van der Waals surface area contributed by atoms with Gasteiger partial charge in [-0.2, -0.15) is 0 Å². The second-order valence-corrected chi connectivity index (χ2v) is 6.38. The quantitative estimate of drug-likeness (QED) is 0.598. The Bertz CT molecular complexity index is 571. The fourth-order valence-electron chi connectivity index (χ4n) is 2.79. The number of anilines is 1. The van der Waals surface area contributed by atoms with Crippen LogP contribution < -0.4 is 4.90 Å². The zero-order chi connectivity index (χ0) is 19.5. The normalized spacial score (nSPS) is 12.7. The molecule has 0 saturated carbocycles. The molecule has 0 amide bonds. The molecule has 0 bridgehead atoms. The molecule has 4 N–H and O–H groups in total. The molecule has 1 aromatic carbocycles. The number of aromatic nitrogens is 1. The lowest BCUT2D eigenvalue weighted by Crippen LogP contribution is -2.37. The average Bonchev–Trinajstić information content (AvgIpc) is 2.61. The Morgan fingerprint density at radius 2 is 1.35 bits per heavy atom. The minimum absolute atomic E-state index is 0.153. The summed E-state index contributed by atoms with van der Waals surface area (Å²) in [5.41, 5.74) is 3.03. The molecule has 1 aromatic heterocycles. The van der Waals surface area contributed by atoms with Crippen molar-refractivity contribution in [2.24, 2.45) is 0 Å². The van der Waals surface area contributed by atoms with Gasteiger partial charge in [-0.25, -0.2) is 0 Å². The van der Waals surface area contributed by atoms with Gasteiger partial charge in [0.25, 0.3) is 0 Å². The fourth-order valence-corrected chi connectivity index (χ4v) is 2.79. The Morgan fingerprint density at radius 3 is 1.62 bits per heavy atom. The maximum Gasteiger partial charge on any atom is 0.0702 e. The predicted molar refractivity (Wildman–Crippen MR) is 103 cm³/mol. The Morgan fingerprint density at radius 1 is 0.885 bits per heavy atom. The highest BCUT2D eigenvalue weighted by Gasteiger charge is 2.19. The first kappa shape index (κ1) is 22.1. The van der Waals surface area contributed by atoms with Crippen LogP contribution in [0.25, 0.3) is 0 Å². The minimum Gasteiger partial charge on any atom is -0.392 e. The molecule has 26 heavy (non-hydrogen) atoms. The zero-order valence-electron chi connectivity index (χ0n) is 15.7. The number of aliphatic hydroxyl groups excluding tert-OH is 4. The van der Waals surface area contributed by atoms with Crippen LogP contribution >= 0.6 is 0 Å². The third-order valence-corrected chi connectivity index (χ3v) is 3.60. The van der Waals surface area contributed by atoms with E-state index in [1.165, 1.54) is 0 Å². The Balaban J connectivity index is 0.000000472. The SMILES string of the molecule is Cc1cc(CO)c(N(CC(C)O)CC(C)O)c(CO)c1.c1ccncc1. The fraction of sp³-hybridized carbons (Fsp3) is 0.450. The first-order chi connectivity index (χ1) is 12.4. The molecule has 144 valence electrons. The van der Waals surface area contributed by atoms with E-state index in [4.69, 9.17) is 0 Å². The summed E-state index contributed by atoms with van der Waals surface area (Å²) in [5, 5.41) is 38.4. The molecule has 0 aliphatic heterocycles. The molecule has 6 heteroatoms. The van der Waals surface area contributed by atoms with Crippen LogP contribution in [0.1, 0.15) is 30.5 Å². The molecule has 0 aliphatic rings. The van der Waals surface area contributed by atoms with Crippen LogP contribution in [0.5, 0.6) is 0 Å². The Hall–Kier alpha value is -1.99. The van der Waals surface area contributed by atoms with Crippen LogP contribution in [0, 0.1) is 6.92 Å². The van der Waals surface area contributed by atoms with Crippen molar-refractivity contribution < 1.29 is 20.4 Å². The van der Waals surface area contributed by atoms with Crippen LogP contribution in [0.15, 0.2) is 42.7 Å². The smallest absolute Gasteiger partial charge is 0.0702 e. The van der Waals surface area contributed by atoms with E-state index in [9.17, 15) is 20.4 Å². The lowest BCUT2D eigenvalue weighted by Gasteiger charge is -2.31. The van der Waals surface area contributed by atoms with Gasteiger partial charge < -0.3 is 25.3 Å². The highest BCUT2D eigenvalue weighted by molar-refractivity contribution is 5.61. The van der Waals surface area contributed by atoms with Crippen molar-refractivity contribution >= 4 is 5.69 Å².